The predicted molar refractivity (Wildman–Crippen MR) is 104 cm³/mol. The van der Waals surface area contributed by atoms with Crippen LogP contribution in [-0.4, -0.2) is 34.7 Å². The van der Waals surface area contributed by atoms with E-state index in [2.05, 4.69) is 20.6 Å². The van der Waals surface area contributed by atoms with E-state index in [-0.39, 0.29) is 11.2 Å². The van der Waals surface area contributed by atoms with Gasteiger partial charge in [-0.2, -0.15) is 0 Å². The van der Waals surface area contributed by atoms with Gasteiger partial charge in [0, 0.05) is 19.0 Å². The molecule has 0 bridgehead atoms. The van der Waals surface area contributed by atoms with Crippen LogP contribution in [0.15, 0.2) is 29.4 Å². The summed E-state index contributed by atoms with van der Waals surface area (Å²) in [4.78, 5) is 21.5. The lowest BCUT2D eigenvalue weighted by Gasteiger charge is -2.22. The molecule has 1 unspecified atom stereocenters. The largest absolute Gasteiger partial charge is 0.372 e. The van der Waals surface area contributed by atoms with Crippen molar-refractivity contribution in [3.63, 3.8) is 0 Å². The monoisotopic (exact) mass is 358 g/mol. The molecule has 1 aromatic heterocycles. The first-order valence-corrected chi connectivity index (χ1v) is 9.94. The van der Waals surface area contributed by atoms with Gasteiger partial charge in [-0.25, -0.2) is 9.97 Å². The predicted octanol–water partition coefficient (Wildman–Crippen LogP) is 3.85. The summed E-state index contributed by atoms with van der Waals surface area (Å²) in [5.74, 6) is 1.50. The van der Waals surface area contributed by atoms with Crippen molar-refractivity contribution >= 4 is 34.4 Å². The molecule has 1 heterocycles. The van der Waals surface area contributed by atoms with Crippen LogP contribution in [0.4, 0.5) is 5.82 Å². The van der Waals surface area contributed by atoms with Crippen molar-refractivity contribution in [3.8, 4) is 0 Å². The zero-order chi connectivity index (χ0) is 17.6. The van der Waals surface area contributed by atoms with E-state index in [1.165, 1.54) is 43.9 Å². The van der Waals surface area contributed by atoms with Crippen LogP contribution in [0.1, 0.15) is 39.0 Å². The Labute approximate surface area is 153 Å². The van der Waals surface area contributed by atoms with Crippen LogP contribution in [0.3, 0.4) is 0 Å². The van der Waals surface area contributed by atoms with E-state index < -0.39 is 0 Å². The van der Waals surface area contributed by atoms with Gasteiger partial charge in [-0.3, -0.25) is 4.79 Å². The first-order chi connectivity index (χ1) is 12.2. The maximum atomic E-state index is 12.4. The zero-order valence-corrected chi connectivity index (χ0v) is 15.7. The van der Waals surface area contributed by atoms with Gasteiger partial charge >= 0.3 is 0 Å². The third kappa shape index (κ3) is 4.63. The Balaban J connectivity index is 1.62. The Morgan fingerprint density at radius 3 is 2.76 bits per heavy atom. The second-order valence-electron chi connectivity index (χ2n) is 6.63. The first kappa shape index (κ1) is 18.0. The van der Waals surface area contributed by atoms with Gasteiger partial charge in [-0.15, -0.1) is 0 Å². The number of nitrogens with one attached hydrogen (secondary N) is 2. The Morgan fingerprint density at radius 1 is 1.24 bits per heavy atom. The molecule has 3 rings (SSSR count). The van der Waals surface area contributed by atoms with Crippen molar-refractivity contribution in [2.45, 2.75) is 49.4 Å². The highest BCUT2D eigenvalue weighted by molar-refractivity contribution is 8.00. The molecule has 0 saturated heterocycles. The van der Waals surface area contributed by atoms with Crippen LogP contribution in [0.25, 0.3) is 10.9 Å². The third-order valence-electron chi connectivity index (χ3n) is 4.76. The lowest BCUT2D eigenvalue weighted by molar-refractivity contribution is -0.120. The smallest absolute Gasteiger partial charge is 0.233 e. The number of aromatic nitrogens is 2. The van der Waals surface area contributed by atoms with Crippen molar-refractivity contribution in [1.82, 2.24) is 15.3 Å². The molecule has 0 aliphatic heterocycles. The quantitative estimate of drug-likeness (QED) is 0.606. The molecule has 0 spiro atoms. The second kappa shape index (κ2) is 8.52. The fourth-order valence-corrected chi connectivity index (χ4v) is 4.09. The zero-order valence-electron chi connectivity index (χ0n) is 14.9. The number of carbonyl (C=O) groups excluding carboxylic acids is 1. The van der Waals surface area contributed by atoms with Gasteiger partial charge in [0.05, 0.1) is 10.8 Å². The van der Waals surface area contributed by atoms with Crippen LogP contribution in [0, 0.1) is 5.92 Å². The van der Waals surface area contributed by atoms with Gasteiger partial charge in [0.25, 0.3) is 0 Å². The van der Waals surface area contributed by atoms with E-state index in [0.29, 0.717) is 11.1 Å². The normalized spacial score (nSPS) is 16.6. The van der Waals surface area contributed by atoms with E-state index in [0.717, 1.165) is 23.3 Å². The SMILES string of the molecule is CNc1nc(SC(C)C(=O)NCC2CCCCC2)nc2ccccc12. The van der Waals surface area contributed by atoms with Crippen molar-refractivity contribution in [1.29, 1.82) is 0 Å². The molecule has 134 valence electrons. The van der Waals surface area contributed by atoms with Crippen LogP contribution in [0.2, 0.25) is 0 Å². The number of rotatable bonds is 6. The molecule has 1 fully saturated rings. The average molecular weight is 359 g/mol. The van der Waals surface area contributed by atoms with Gasteiger partial charge in [0.15, 0.2) is 5.16 Å². The summed E-state index contributed by atoms with van der Waals surface area (Å²) in [7, 11) is 1.85. The number of amides is 1. The maximum absolute atomic E-state index is 12.4. The average Bonchev–Trinajstić information content (AvgIpc) is 2.66. The number of thioether (sulfide) groups is 1. The summed E-state index contributed by atoms with van der Waals surface area (Å²) in [5.41, 5.74) is 0.888. The second-order valence-corrected chi connectivity index (χ2v) is 7.94. The van der Waals surface area contributed by atoms with E-state index in [1.807, 2.05) is 38.2 Å². The Hall–Kier alpha value is -1.82. The van der Waals surface area contributed by atoms with Crippen molar-refractivity contribution in [2.24, 2.45) is 5.92 Å². The topological polar surface area (TPSA) is 66.9 Å². The van der Waals surface area contributed by atoms with Gasteiger partial charge in [-0.1, -0.05) is 43.2 Å². The summed E-state index contributed by atoms with van der Waals surface area (Å²) >= 11 is 1.41. The molecule has 25 heavy (non-hydrogen) atoms. The molecule has 1 amide bonds. The fourth-order valence-electron chi connectivity index (χ4n) is 3.29. The number of benzene rings is 1. The Bertz CT molecular complexity index is 730. The third-order valence-corrected chi connectivity index (χ3v) is 5.72. The standard InChI is InChI=1S/C19H26N4OS/c1-13(18(24)21-12-14-8-4-3-5-9-14)25-19-22-16-11-7-6-10-15(16)17(20-2)23-19/h6-7,10-11,13-14H,3-5,8-9,12H2,1-2H3,(H,21,24)(H,20,22,23). The molecule has 6 heteroatoms. The highest BCUT2D eigenvalue weighted by Gasteiger charge is 2.19. The molecular formula is C19H26N4OS. The number of carbonyl (C=O) groups is 1. The van der Waals surface area contributed by atoms with Crippen LogP contribution in [0.5, 0.6) is 0 Å². The van der Waals surface area contributed by atoms with Gasteiger partial charge in [0.1, 0.15) is 5.82 Å². The molecule has 5 nitrogen and oxygen atoms in total. The fraction of sp³-hybridized carbons (Fsp3) is 0.526. The van der Waals surface area contributed by atoms with E-state index in [9.17, 15) is 4.79 Å². The maximum Gasteiger partial charge on any atom is 0.233 e. The number of para-hydroxylation sites is 1. The molecule has 2 N–H and O–H groups in total. The van der Waals surface area contributed by atoms with Crippen molar-refractivity contribution in [2.75, 3.05) is 18.9 Å². The molecule has 2 aromatic rings. The van der Waals surface area contributed by atoms with E-state index >= 15 is 0 Å². The molecule has 1 saturated carbocycles. The molecule has 1 aliphatic rings. The van der Waals surface area contributed by atoms with Gasteiger partial charge in [-0.05, 0) is 37.8 Å². The first-order valence-electron chi connectivity index (χ1n) is 9.06. The van der Waals surface area contributed by atoms with Crippen LogP contribution >= 0.6 is 11.8 Å². The molecule has 1 atom stereocenters. The van der Waals surface area contributed by atoms with Crippen molar-refractivity contribution < 1.29 is 4.79 Å². The molecule has 0 radical (unpaired) electrons. The Morgan fingerprint density at radius 2 is 2.00 bits per heavy atom. The highest BCUT2D eigenvalue weighted by atomic mass is 32.2. The summed E-state index contributed by atoms with van der Waals surface area (Å²) < 4.78 is 0. The minimum absolute atomic E-state index is 0.0679. The van der Waals surface area contributed by atoms with Gasteiger partial charge < -0.3 is 10.6 Å². The molecular weight excluding hydrogens is 332 g/mol. The number of hydrogen-bond donors (Lipinski definition) is 2. The molecule has 1 aromatic carbocycles. The molecule has 1 aliphatic carbocycles. The minimum Gasteiger partial charge on any atom is -0.372 e. The lowest BCUT2D eigenvalue weighted by Crippen LogP contribution is -2.35. The van der Waals surface area contributed by atoms with E-state index in [1.54, 1.807) is 0 Å². The number of hydrogen-bond acceptors (Lipinski definition) is 5. The highest BCUT2D eigenvalue weighted by Crippen LogP contribution is 2.27. The van der Waals surface area contributed by atoms with Crippen LogP contribution < -0.4 is 10.6 Å². The minimum atomic E-state index is -0.213. The summed E-state index contributed by atoms with van der Waals surface area (Å²) in [6.07, 6.45) is 6.40. The number of anilines is 1. The number of nitrogens with zero attached hydrogens (tertiary/aromatic N) is 2. The lowest BCUT2D eigenvalue weighted by atomic mass is 9.89. The summed E-state index contributed by atoms with van der Waals surface area (Å²) in [6, 6.07) is 7.90. The van der Waals surface area contributed by atoms with Crippen LogP contribution in [-0.2, 0) is 4.79 Å². The van der Waals surface area contributed by atoms with E-state index in [4.69, 9.17) is 0 Å². The van der Waals surface area contributed by atoms with Gasteiger partial charge in [0.2, 0.25) is 5.91 Å². The summed E-state index contributed by atoms with van der Waals surface area (Å²) in [6.45, 7) is 2.71. The number of fused-ring (bicyclic) bond motifs is 1. The Kier molecular flexibility index (Phi) is 6.13. The van der Waals surface area contributed by atoms with Crippen molar-refractivity contribution in [3.05, 3.63) is 24.3 Å². The summed E-state index contributed by atoms with van der Waals surface area (Å²) in [5, 5.41) is 7.63.